The van der Waals surface area contributed by atoms with Crippen LogP contribution in [0.15, 0.2) is 0 Å². The van der Waals surface area contributed by atoms with Crippen molar-refractivity contribution >= 4 is 5.91 Å². The maximum Gasteiger partial charge on any atom is 0.222 e. The van der Waals surface area contributed by atoms with Gasteiger partial charge in [0.25, 0.3) is 0 Å². The minimum absolute atomic E-state index is 0.190. The van der Waals surface area contributed by atoms with Crippen LogP contribution in [0.25, 0.3) is 0 Å². The maximum absolute atomic E-state index is 12.4. The van der Waals surface area contributed by atoms with Crippen molar-refractivity contribution in [3.8, 4) is 0 Å². The lowest BCUT2D eigenvalue weighted by Crippen LogP contribution is -2.33. The Bertz CT molecular complexity index is 593. The van der Waals surface area contributed by atoms with Crippen molar-refractivity contribution in [3.63, 3.8) is 0 Å². The van der Waals surface area contributed by atoms with Crippen molar-refractivity contribution in [1.82, 2.24) is 30.0 Å². The lowest BCUT2D eigenvalue weighted by molar-refractivity contribution is -0.130. The van der Waals surface area contributed by atoms with Crippen LogP contribution in [-0.2, 0) is 22.6 Å². The molecule has 0 aliphatic carbocycles. The van der Waals surface area contributed by atoms with E-state index < -0.39 is 0 Å². The van der Waals surface area contributed by atoms with Gasteiger partial charge in [0.1, 0.15) is 0 Å². The van der Waals surface area contributed by atoms with Gasteiger partial charge in [-0.15, -0.1) is 5.10 Å². The van der Waals surface area contributed by atoms with Gasteiger partial charge in [0.2, 0.25) is 5.91 Å². The third-order valence-electron chi connectivity index (χ3n) is 6.09. The van der Waals surface area contributed by atoms with Gasteiger partial charge in [-0.3, -0.25) is 9.69 Å². The standard InChI is InChI=1S/C20H36N6O2/c1-17-8-13-25(14-9-17)16-19-21-22-23-26(19)11-5-7-20(27)24(2)12-10-18-6-3-4-15-28-18/h17-18H,3-16H2,1-2H3/t18-/m1/s1. The van der Waals surface area contributed by atoms with E-state index in [0.717, 1.165) is 63.8 Å². The van der Waals surface area contributed by atoms with E-state index in [1.165, 1.54) is 25.7 Å². The number of rotatable bonds is 9. The van der Waals surface area contributed by atoms with Gasteiger partial charge < -0.3 is 9.64 Å². The fraction of sp³-hybridized carbons (Fsp3) is 0.900. The molecule has 0 saturated carbocycles. The Labute approximate surface area is 168 Å². The molecule has 0 aromatic carbocycles. The van der Waals surface area contributed by atoms with E-state index in [9.17, 15) is 4.79 Å². The number of tetrazole rings is 1. The highest BCUT2D eigenvalue weighted by molar-refractivity contribution is 5.75. The predicted octanol–water partition coefficient (Wildman–Crippen LogP) is 2.10. The Hall–Kier alpha value is -1.54. The number of hydrogen-bond acceptors (Lipinski definition) is 6. The van der Waals surface area contributed by atoms with Crippen molar-refractivity contribution in [2.45, 2.75) is 77.5 Å². The van der Waals surface area contributed by atoms with Gasteiger partial charge in [0.15, 0.2) is 5.82 Å². The number of piperidine rings is 1. The normalized spacial score (nSPS) is 21.7. The number of carbonyl (C=O) groups is 1. The van der Waals surface area contributed by atoms with Gasteiger partial charge in [-0.05, 0) is 74.4 Å². The first-order chi connectivity index (χ1) is 13.6. The summed E-state index contributed by atoms with van der Waals surface area (Å²) < 4.78 is 7.61. The number of amides is 1. The molecule has 1 aromatic heterocycles. The number of aromatic nitrogens is 4. The molecule has 2 aliphatic rings. The molecule has 0 spiro atoms. The van der Waals surface area contributed by atoms with E-state index in [-0.39, 0.29) is 5.91 Å². The first-order valence-corrected chi connectivity index (χ1v) is 10.9. The summed E-state index contributed by atoms with van der Waals surface area (Å²) in [6, 6.07) is 0. The summed E-state index contributed by atoms with van der Waals surface area (Å²) in [5, 5.41) is 12.2. The monoisotopic (exact) mass is 392 g/mol. The molecule has 2 saturated heterocycles. The summed E-state index contributed by atoms with van der Waals surface area (Å²) in [6.45, 7) is 7.68. The first kappa shape index (κ1) is 21.2. The number of carbonyl (C=O) groups excluding carboxylic acids is 1. The second-order valence-corrected chi connectivity index (χ2v) is 8.47. The second kappa shape index (κ2) is 10.9. The van der Waals surface area contributed by atoms with Crippen LogP contribution in [0.1, 0.15) is 64.1 Å². The summed E-state index contributed by atoms with van der Waals surface area (Å²) in [5.41, 5.74) is 0. The second-order valence-electron chi connectivity index (χ2n) is 8.47. The van der Waals surface area contributed by atoms with Crippen molar-refractivity contribution in [2.24, 2.45) is 5.92 Å². The molecule has 158 valence electrons. The lowest BCUT2D eigenvalue weighted by Gasteiger charge is -2.29. The average Bonchev–Trinajstić information content (AvgIpc) is 3.15. The molecule has 8 nitrogen and oxygen atoms in total. The summed E-state index contributed by atoms with van der Waals surface area (Å²) in [7, 11) is 1.89. The molecule has 28 heavy (non-hydrogen) atoms. The van der Waals surface area contributed by atoms with E-state index in [1.54, 1.807) is 0 Å². The molecular weight excluding hydrogens is 356 g/mol. The first-order valence-electron chi connectivity index (χ1n) is 10.9. The van der Waals surface area contributed by atoms with E-state index in [2.05, 4.69) is 27.3 Å². The highest BCUT2D eigenvalue weighted by Gasteiger charge is 2.19. The van der Waals surface area contributed by atoms with Gasteiger partial charge in [0.05, 0.1) is 12.6 Å². The minimum atomic E-state index is 0.190. The molecule has 1 aromatic rings. The van der Waals surface area contributed by atoms with Crippen LogP contribution in [0.5, 0.6) is 0 Å². The number of aryl methyl sites for hydroxylation is 1. The third kappa shape index (κ3) is 6.51. The fourth-order valence-corrected chi connectivity index (χ4v) is 4.00. The zero-order valence-corrected chi connectivity index (χ0v) is 17.6. The largest absolute Gasteiger partial charge is 0.378 e. The maximum atomic E-state index is 12.4. The molecule has 2 aliphatic heterocycles. The Morgan fingerprint density at radius 3 is 2.82 bits per heavy atom. The van der Waals surface area contributed by atoms with E-state index in [1.807, 2.05) is 16.6 Å². The number of likely N-dealkylation sites (tertiary alicyclic amines) is 1. The van der Waals surface area contributed by atoms with Gasteiger partial charge in [-0.1, -0.05) is 6.92 Å². The summed E-state index contributed by atoms with van der Waals surface area (Å²) >= 11 is 0. The van der Waals surface area contributed by atoms with Crippen molar-refractivity contribution in [1.29, 1.82) is 0 Å². The Kier molecular flexibility index (Phi) is 8.21. The van der Waals surface area contributed by atoms with Crippen LogP contribution < -0.4 is 0 Å². The van der Waals surface area contributed by atoms with Crippen LogP contribution in [0.4, 0.5) is 0 Å². The Morgan fingerprint density at radius 1 is 1.25 bits per heavy atom. The Balaban J connectivity index is 1.35. The topological polar surface area (TPSA) is 76.4 Å². The smallest absolute Gasteiger partial charge is 0.222 e. The summed E-state index contributed by atoms with van der Waals surface area (Å²) in [5.74, 6) is 1.92. The molecule has 0 N–H and O–H groups in total. The third-order valence-corrected chi connectivity index (χ3v) is 6.09. The van der Waals surface area contributed by atoms with Gasteiger partial charge >= 0.3 is 0 Å². The van der Waals surface area contributed by atoms with E-state index in [4.69, 9.17) is 4.74 Å². The molecular formula is C20H36N6O2. The van der Waals surface area contributed by atoms with E-state index >= 15 is 0 Å². The molecule has 0 radical (unpaired) electrons. The van der Waals surface area contributed by atoms with E-state index in [0.29, 0.717) is 19.1 Å². The quantitative estimate of drug-likeness (QED) is 0.641. The lowest BCUT2D eigenvalue weighted by atomic mass is 9.99. The number of nitrogens with zero attached hydrogens (tertiary/aromatic N) is 6. The van der Waals surface area contributed by atoms with Crippen molar-refractivity contribution < 1.29 is 9.53 Å². The zero-order chi connectivity index (χ0) is 19.8. The summed E-state index contributed by atoms with van der Waals surface area (Å²) in [4.78, 5) is 16.7. The number of ether oxygens (including phenoxy) is 1. The Morgan fingerprint density at radius 2 is 2.07 bits per heavy atom. The van der Waals surface area contributed by atoms with Crippen LogP contribution in [0, 0.1) is 5.92 Å². The number of hydrogen-bond donors (Lipinski definition) is 0. The van der Waals surface area contributed by atoms with Crippen molar-refractivity contribution in [3.05, 3.63) is 5.82 Å². The SMILES string of the molecule is CC1CCN(Cc2nnnn2CCCC(=O)N(C)CC[C@H]2CCCCO2)CC1. The zero-order valence-electron chi connectivity index (χ0n) is 17.6. The summed E-state index contributed by atoms with van der Waals surface area (Å²) in [6.07, 6.45) is 8.58. The van der Waals surface area contributed by atoms with Crippen LogP contribution >= 0.6 is 0 Å². The van der Waals surface area contributed by atoms with Crippen molar-refractivity contribution in [2.75, 3.05) is 33.3 Å². The highest BCUT2D eigenvalue weighted by Crippen LogP contribution is 2.18. The average molecular weight is 393 g/mol. The molecule has 0 unspecified atom stereocenters. The molecule has 8 heteroatoms. The predicted molar refractivity (Wildman–Crippen MR) is 107 cm³/mol. The van der Waals surface area contributed by atoms with Crippen LogP contribution in [0.2, 0.25) is 0 Å². The molecule has 3 rings (SSSR count). The molecule has 1 atom stereocenters. The molecule has 2 fully saturated rings. The van der Waals surface area contributed by atoms with Crippen LogP contribution in [-0.4, -0.2) is 75.3 Å². The fourth-order valence-electron chi connectivity index (χ4n) is 4.00. The van der Waals surface area contributed by atoms with Gasteiger partial charge in [0, 0.05) is 33.2 Å². The molecule has 3 heterocycles. The molecule has 0 bridgehead atoms. The van der Waals surface area contributed by atoms with Gasteiger partial charge in [-0.25, -0.2) is 4.68 Å². The molecule has 1 amide bonds. The minimum Gasteiger partial charge on any atom is -0.378 e. The highest BCUT2D eigenvalue weighted by atomic mass is 16.5. The van der Waals surface area contributed by atoms with Crippen LogP contribution in [0.3, 0.4) is 0 Å². The van der Waals surface area contributed by atoms with Gasteiger partial charge in [-0.2, -0.15) is 0 Å².